The topological polar surface area (TPSA) is 24.5 Å². The first-order valence-electron chi connectivity index (χ1n) is 8.73. The highest BCUT2D eigenvalue weighted by Gasteiger charge is 2.32. The Morgan fingerprint density at radius 2 is 2.00 bits per heavy atom. The maximum Gasteiger partial charge on any atom is 0.0589 e. The van der Waals surface area contributed by atoms with Crippen molar-refractivity contribution in [2.45, 2.75) is 76.9 Å². The van der Waals surface area contributed by atoms with E-state index in [1.54, 1.807) is 7.11 Å². The molecule has 0 aromatic heterocycles. The predicted molar refractivity (Wildman–Crippen MR) is 85.1 cm³/mol. The van der Waals surface area contributed by atoms with Crippen LogP contribution in [0.1, 0.15) is 58.8 Å². The summed E-state index contributed by atoms with van der Waals surface area (Å²) in [4.78, 5) is 2.62. The molecule has 0 radical (unpaired) electrons. The van der Waals surface area contributed by atoms with E-state index in [9.17, 15) is 0 Å². The van der Waals surface area contributed by atoms with E-state index in [4.69, 9.17) is 4.74 Å². The zero-order valence-electron chi connectivity index (χ0n) is 13.7. The van der Waals surface area contributed by atoms with Gasteiger partial charge in [-0.25, -0.2) is 0 Å². The molecular weight excluding hydrogens is 248 g/mol. The lowest BCUT2D eigenvalue weighted by molar-refractivity contribution is 0.0937. The van der Waals surface area contributed by atoms with Crippen molar-refractivity contribution in [3.05, 3.63) is 0 Å². The molecule has 4 atom stereocenters. The molecule has 0 spiro atoms. The van der Waals surface area contributed by atoms with E-state index in [-0.39, 0.29) is 0 Å². The Kier molecular flexibility index (Phi) is 6.79. The lowest BCUT2D eigenvalue weighted by Gasteiger charge is -2.42. The van der Waals surface area contributed by atoms with Gasteiger partial charge in [-0.15, -0.1) is 0 Å². The van der Waals surface area contributed by atoms with Crippen LogP contribution in [0.5, 0.6) is 0 Å². The first-order chi connectivity index (χ1) is 9.74. The summed E-state index contributed by atoms with van der Waals surface area (Å²) in [5.74, 6) is 0.969. The summed E-state index contributed by atoms with van der Waals surface area (Å²) in [6.07, 6.45) is 9.79. The first kappa shape index (κ1) is 16.3. The van der Waals surface area contributed by atoms with Crippen LogP contribution in [0.2, 0.25) is 0 Å². The number of ether oxygens (including phenoxy) is 1. The summed E-state index contributed by atoms with van der Waals surface area (Å²) < 4.78 is 5.28. The summed E-state index contributed by atoms with van der Waals surface area (Å²) >= 11 is 0. The summed E-state index contributed by atoms with van der Waals surface area (Å²) in [6, 6.07) is 2.17. The number of piperidine rings is 1. The van der Waals surface area contributed by atoms with Crippen molar-refractivity contribution in [3.8, 4) is 0 Å². The number of hydrogen-bond acceptors (Lipinski definition) is 3. The molecule has 0 aromatic rings. The van der Waals surface area contributed by atoms with Gasteiger partial charge < -0.3 is 10.1 Å². The second kappa shape index (κ2) is 8.35. The first-order valence-corrected chi connectivity index (χ1v) is 8.73. The van der Waals surface area contributed by atoms with Crippen LogP contribution in [0.15, 0.2) is 0 Å². The number of nitrogens with zero attached hydrogens (tertiary/aromatic N) is 1. The molecule has 3 nitrogen and oxygen atoms in total. The average Bonchev–Trinajstić information content (AvgIpc) is 2.50. The molecule has 2 rings (SSSR count). The van der Waals surface area contributed by atoms with E-state index in [2.05, 4.69) is 24.1 Å². The Labute approximate surface area is 125 Å². The fraction of sp³-hybridized carbons (Fsp3) is 1.00. The van der Waals surface area contributed by atoms with Gasteiger partial charge in [-0.2, -0.15) is 0 Å². The van der Waals surface area contributed by atoms with Crippen molar-refractivity contribution < 1.29 is 4.74 Å². The van der Waals surface area contributed by atoms with Crippen molar-refractivity contribution in [2.24, 2.45) is 5.92 Å². The molecule has 1 heterocycles. The maximum absolute atomic E-state index is 5.28. The van der Waals surface area contributed by atoms with E-state index in [0.717, 1.165) is 25.1 Å². The standard InChI is InChI=1S/C17H34N2O/c1-4-14(2)19(11-12-20-3)13-16-10-9-15-7-5-6-8-17(15)18-16/h14-18H,4-13H2,1-3H3. The summed E-state index contributed by atoms with van der Waals surface area (Å²) in [5.41, 5.74) is 0. The Balaban J connectivity index is 1.83. The zero-order valence-corrected chi connectivity index (χ0v) is 13.7. The van der Waals surface area contributed by atoms with Crippen LogP contribution >= 0.6 is 0 Å². The summed E-state index contributed by atoms with van der Waals surface area (Å²) in [6.45, 7) is 7.75. The molecule has 1 saturated heterocycles. The second-order valence-corrected chi connectivity index (χ2v) is 6.84. The lowest BCUT2D eigenvalue weighted by Crippen LogP contribution is -2.54. The van der Waals surface area contributed by atoms with Gasteiger partial charge in [0, 0.05) is 38.3 Å². The average molecular weight is 282 g/mol. The Hall–Kier alpha value is -0.120. The van der Waals surface area contributed by atoms with Crippen LogP contribution in [0, 0.1) is 5.92 Å². The van der Waals surface area contributed by atoms with Crippen LogP contribution < -0.4 is 5.32 Å². The highest BCUT2D eigenvalue weighted by Crippen LogP contribution is 2.32. The molecule has 2 aliphatic rings. The molecule has 1 aliphatic heterocycles. The smallest absolute Gasteiger partial charge is 0.0589 e. The SMILES string of the molecule is CCC(C)N(CCOC)CC1CCC2CCCCC2N1. The highest BCUT2D eigenvalue weighted by atomic mass is 16.5. The van der Waals surface area contributed by atoms with E-state index in [0.29, 0.717) is 12.1 Å². The van der Waals surface area contributed by atoms with Gasteiger partial charge in [0.25, 0.3) is 0 Å². The van der Waals surface area contributed by atoms with Crippen molar-refractivity contribution in [2.75, 3.05) is 26.8 Å². The molecule has 1 N–H and O–H groups in total. The zero-order chi connectivity index (χ0) is 14.4. The predicted octanol–water partition coefficient (Wildman–Crippen LogP) is 3.04. The van der Waals surface area contributed by atoms with Crippen LogP contribution in [-0.4, -0.2) is 49.8 Å². The third-order valence-corrected chi connectivity index (χ3v) is 5.50. The Bertz CT molecular complexity index is 272. The molecule has 3 heteroatoms. The van der Waals surface area contributed by atoms with Crippen LogP contribution in [0.3, 0.4) is 0 Å². The normalized spacial score (nSPS) is 32.1. The minimum atomic E-state index is 0.663. The van der Waals surface area contributed by atoms with E-state index in [1.165, 1.54) is 51.5 Å². The summed E-state index contributed by atoms with van der Waals surface area (Å²) in [7, 11) is 1.81. The quantitative estimate of drug-likeness (QED) is 0.777. The number of fused-ring (bicyclic) bond motifs is 1. The maximum atomic E-state index is 5.28. The van der Waals surface area contributed by atoms with Gasteiger partial charge in [0.2, 0.25) is 0 Å². The molecule has 4 unspecified atom stereocenters. The van der Waals surface area contributed by atoms with Crippen LogP contribution in [0.4, 0.5) is 0 Å². The van der Waals surface area contributed by atoms with Crippen molar-refractivity contribution in [3.63, 3.8) is 0 Å². The molecule has 0 amide bonds. The molecule has 0 bridgehead atoms. The monoisotopic (exact) mass is 282 g/mol. The molecular formula is C17H34N2O. The second-order valence-electron chi connectivity index (χ2n) is 6.84. The lowest BCUT2D eigenvalue weighted by atomic mass is 9.77. The minimum absolute atomic E-state index is 0.663. The fourth-order valence-corrected chi connectivity index (χ4v) is 3.96. The van der Waals surface area contributed by atoms with Crippen molar-refractivity contribution >= 4 is 0 Å². The van der Waals surface area contributed by atoms with Gasteiger partial charge >= 0.3 is 0 Å². The van der Waals surface area contributed by atoms with E-state index in [1.807, 2.05) is 0 Å². The van der Waals surface area contributed by atoms with Gasteiger partial charge in [-0.3, -0.25) is 4.90 Å². The third-order valence-electron chi connectivity index (χ3n) is 5.50. The number of rotatable bonds is 7. The van der Waals surface area contributed by atoms with Gasteiger partial charge in [0.05, 0.1) is 6.61 Å². The summed E-state index contributed by atoms with van der Waals surface area (Å²) in [5, 5.41) is 3.96. The third kappa shape index (κ3) is 4.44. The van der Waals surface area contributed by atoms with Crippen molar-refractivity contribution in [1.82, 2.24) is 10.2 Å². The molecule has 1 aliphatic carbocycles. The van der Waals surface area contributed by atoms with Gasteiger partial charge in [0.1, 0.15) is 0 Å². The largest absolute Gasteiger partial charge is 0.383 e. The Morgan fingerprint density at radius 3 is 2.75 bits per heavy atom. The van der Waals surface area contributed by atoms with E-state index < -0.39 is 0 Å². The van der Waals surface area contributed by atoms with Gasteiger partial charge in [-0.05, 0) is 44.9 Å². The van der Waals surface area contributed by atoms with Gasteiger partial charge in [-0.1, -0.05) is 19.8 Å². The Morgan fingerprint density at radius 1 is 1.20 bits per heavy atom. The number of methoxy groups -OCH3 is 1. The number of nitrogens with one attached hydrogen (secondary N) is 1. The highest BCUT2D eigenvalue weighted by molar-refractivity contribution is 4.90. The van der Waals surface area contributed by atoms with Crippen LogP contribution in [-0.2, 0) is 4.74 Å². The molecule has 20 heavy (non-hydrogen) atoms. The van der Waals surface area contributed by atoms with Gasteiger partial charge in [0.15, 0.2) is 0 Å². The molecule has 1 saturated carbocycles. The fourth-order valence-electron chi connectivity index (χ4n) is 3.96. The van der Waals surface area contributed by atoms with E-state index >= 15 is 0 Å². The molecule has 0 aromatic carbocycles. The number of hydrogen-bond donors (Lipinski definition) is 1. The molecule has 2 fully saturated rings. The minimum Gasteiger partial charge on any atom is -0.383 e. The molecule has 118 valence electrons. The van der Waals surface area contributed by atoms with Crippen LogP contribution in [0.25, 0.3) is 0 Å². The van der Waals surface area contributed by atoms with Crippen molar-refractivity contribution in [1.29, 1.82) is 0 Å².